The molecule has 2 heterocycles. The predicted molar refractivity (Wildman–Crippen MR) is 93.2 cm³/mol. The molecule has 3 rings (SSSR count). The van der Waals surface area contributed by atoms with Crippen LogP contribution in [0.1, 0.15) is 0 Å². The number of nitrogens with zero attached hydrogens (tertiary/aromatic N) is 4. The maximum Gasteiger partial charge on any atom is 0.224 e. The Kier molecular flexibility index (Phi) is 5.62. The van der Waals surface area contributed by atoms with Crippen LogP contribution in [0.5, 0.6) is 5.75 Å². The van der Waals surface area contributed by atoms with E-state index in [2.05, 4.69) is 15.0 Å². The molecule has 1 aromatic carbocycles. The number of halogens is 1. The zero-order valence-electron chi connectivity index (χ0n) is 14.2. The number of rotatable bonds is 6. The van der Waals surface area contributed by atoms with E-state index in [-0.39, 0.29) is 13.2 Å². The molecule has 2 N–H and O–H groups in total. The standard InChI is InChI=1S/C17H22FN5O2/c1-22-17(23-6-8-24-9-7-23)20-16(21-22)14-2-4-15(5-3-14)25-12-13(10-18)11-19/h2-5,10H,6-9,11-12,19H2,1H3/b13-10+. The molecule has 0 atom stereocenters. The molecule has 0 aliphatic carbocycles. The molecular formula is C17H22FN5O2. The molecule has 8 heteroatoms. The Morgan fingerprint density at radius 2 is 2.04 bits per heavy atom. The van der Waals surface area contributed by atoms with Crippen molar-refractivity contribution in [3.8, 4) is 17.1 Å². The highest BCUT2D eigenvalue weighted by Crippen LogP contribution is 2.23. The molecule has 1 aromatic heterocycles. The summed E-state index contributed by atoms with van der Waals surface area (Å²) in [5.41, 5.74) is 6.71. The van der Waals surface area contributed by atoms with Crippen LogP contribution in [-0.4, -0.2) is 54.2 Å². The topological polar surface area (TPSA) is 78.4 Å². The summed E-state index contributed by atoms with van der Waals surface area (Å²) in [6.07, 6.45) is 0.485. The molecule has 0 unspecified atom stereocenters. The number of aryl methyl sites for hydroxylation is 1. The Morgan fingerprint density at radius 3 is 2.68 bits per heavy atom. The predicted octanol–water partition coefficient (Wildman–Crippen LogP) is 1.51. The zero-order chi connectivity index (χ0) is 17.6. The van der Waals surface area contributed by atoms with E-state index in [4.69, 9.17) is 15.2 Å². The molecule has 1 fully saturated rings. The van der Waals surface area contributed by atoms with Crippen LogP contribution in [0.15, 0.2) is 36.2 Å². The number of ether oxygens (including phenoxy) is 2. The van der Waals surface area contributed by atoms with Gasteiger partial charge in [0, 0.05) is 37.8 Å². The van der Waals surface area contributed by atoms with Crippen molar-refractivity contribution in [3.63, 3.8) is 0 Å². The van der Waals surface area contributed by atoms with Gasteiger partial charge in [-0.15, -0.1) is 5.10 Å². The number of benzene rings is 1. The van der Waals surface area contributed by atoms with Crippen LogP contribution in [0.4, 0.5) is 10.3 Å². The van der Waals surface area contributed by atoms with Crippen molar-refractivity contribution in [3.05, 3.63) is 36.2 Å². The zero-order valence-corrected chi connectivity index (χ0v) is 14.2. The summed E-state index contributed by atoms with van der Waals surface area (Å²) >= 11 is 0. The van der Waals surface area contributed by atoms with E-state index in [9.17, 15) is 4.39 Å². The van der Waals surface area contributed by atoms with E-state index in [1.165, 1.54) is 0 Å². The molecule has 1 saturated heterocycles. The normalized spacial score (nSPS) is 15.5. The third kappa shape index (κ3) is 4.15. The average molecular weight is 347 g/mol. The third-order valence-electron chi connectivity index (χ3n) is 3.99. The van der Waals surface area contributed by atoms with Crippen molar-refractivity contribution in [1.82, 2.24) is 14.8 Å². The van der Waals surface area contributed by atoms with Crippen molar-refractivity contribution in [2.75, 3.05) is 44.4 Å². The van der Waals surface area contributed by atoms with Crippen LogP contribution in [0.2, 0.25) is 0 Å². The van der Waals surface area contributed by atoms with Gasteiger partial charge in [0.1, 0.15) is 12.4 Å². The van der Waals surface area contributed by atoms with Crippen molar-refractivity contribution in [2.24, 2.45) is 12.8 Å². The Labute approximate surface area is 145 Å². The van der Waals surface area contributed by atoms with Gasteiger partial charge in [0.25, 0.3) is 0 Å². The lowest BCUT2D eigenvalue weighted by Gasteiger charge is -2.26. The first-order valence-electron chi connectivity index (χ1n) is 8.16. The minimum atomic E-state index is 0.134. The van der Waals surface area contributed by atoms with Crippen LogP contribution >= 0.6 is 0 Å². The molecule has 134 valence electrons. The van der Waals surface area contributed by atoms with Gasteiger partial charge in [-0.05, 0) is 24.3 Å². The van der Waals surface area contributed by atoms with Gasteiger partial charge in [0.15, 0.2) is 5.82 Å². The molecule has 25 heavy (non-hydrogen) atoms. The lowest BCUT2D eigenvalue weighted by atomic mass is 10.2. The molecule has 0 saturated carbocycles. The molecule has 2 aromatic rings. The summed E-state index contributed by atoms with van der Waals surface area (Å²) in [6.45, 7) is 3.29. The summed E-state index contributed by atoms with van der Waals surface area (Å²) in [7, 11) is 1.89. The second kappa shape index (κ2) is 8.09. The fourth-order valence-corrected chi connectivity index (χ4v) is 2.55. The molecule has 0 spiro atoms. The summed E-state index contributed by atoms with van der Waals surface area (Å²) in [6, 6.07) is 7.39. The van der Waals surface area contributed by atoms with E-state index < -0.39 is 0 Å². The first-order valence-corrected chi connectivity index (χ1v) is 8.16. The molecule has 1 aliphatic heterocycles. The largest absolute Gasteiger partial charge is 0.489 e. The fourth-order valence-electron chi connectivity index (χ4n) is 2.55. The van der Waals surface area contributed by atoms with Gasteiger partial charge >= 0.3 is 0 Å². The highest BCUT2D eigenvalue weighted by molar-refractivity contribution is 5.58. The van der Waals surface area contributed by atoms with E-state index in [0.29, 0.717) is 36.7 Å². The van der Waals surface area contributed by atoms with Crippen molar-refractivity contribution in [2.45, 2.75) is 0 Å². The Morgan fingerprint density at radius 1 is 1.32 bits per heavy atom. The maximum atomic E-state index is 12.5. The van der Waals surface area contributed by atoms with Crippen LogP contribution < -0.4 is 15.4 Å². The Bertz CT molecular complexity index is 723. The number of anilines is 1. The third-order valence-corrected chi connectivity index (χ3v) is 3.99. The fraction of sp³-hybridized carbons (Fsp3) is 0.412. The van der Waals surface area contributed by atoms with Gasteiger partial charge in [-0.1, -0.05) is 0 Å². The number of nitrogens with two attached hydrogens (primary N) is 1. The highest BCUT2D eigenvalue weighted by atomic mass is 19.1. The monoisotopic (exact) mass is 347 g/mol. The van der Waals surface area contributed by atoms with Crippen molar-refractivity contribution in [1.29, 1.82) is 0 Å². The summed E-state index contributed by atoms with van der Waals surface area (Å²) in [5.74, 6) is 2.13. The summed E-state index contributed by atoms with van der Waals surface area (Å²) in [5, 5.41) is 4.49. The van der Waals surface area contributed by atoms with Crippen LogP contribution in [0, 0.1) is 0 Å². The smallest absolute Gasteiger partial charge is 0.224 e. The van der Waals surface area contributed by atoms with Gasteiger partial charge < -0.3 is 20.1 Å². The van der Waals surface area contributed by atoms with Crippen molar-refractivity contribution >= 4 is 5.95 Å². The van der Waals surface area contributed by atoms with Crippen LogP contribution in [0.25, 0.3) is 11.4 Å². The molecule has 1 aliphatic rings. The van der Waals surface area contributed by atoms with Gasteiger partial charge in [-0.25, -0.2) is 9.07 Å². The van der Waals surface area contributed by atoms with Crippen molar-refractivity contribution < 1.29 is 13.9 Å². The summed E-state index contributed by atoms with van der Waals surface area (Å²) < 4.78 is 25.2. The minimum Gasteiger partial charge on any atom is -0.489 e. The highest BCUT2D eigenvalue weighted by Gasteiger charge is 2.18. The Balaban J connectivity index is 1.70. The summed E-state index contributed by atoms with van der Waals surface area (Å²) in [4.78, 5) is 6.80. The molecule has 7 nitrogen and oxygen atoms in total. The van der Waals surface area contributed by atoms with Crippen LogP contribution in [0.3, 0.4) is 0 Å². The second-order valence-electron chi connectivity index (χ2n) is 5.74. The van der Waals surface area contributed by atoms with Crippen LogP contribution in [-0.2, 0) is 11.8 Å². The lowest BCUT2D eigenvalue weighted by Crippen LogP contribution is -2.37. The van der Waals surface area contributed by atoms with Gasteiger partial charge in [-0.2, -0.15) is 4.98 Å². The minimum absolute atomic E-state index is 0.134. The van der Waals surface area contributed by atoms with E-state index >= 15 is 0 Å². The Hall–Kier alpha value is -2.45. The molecule has 0 radical (unpaired) electrons. The van der Waals surface area contributed by atoms with Gasteiger partial charge in [0.05, 0.1) is 19.5 Å². The number of hydrogen-bond acceptors (Lipinski definition) is 6. The first-order chi connectivity index (χ1) is 12.2. The SMILES string of the molecule is Cn1nc(-c2ccc(OC/C(=C/F)CN)cc2)nc1N1CCOCC1. The average Bonchev–Trinajstić information content (AvgIpc) is 3.05. The maximum absolute atomic E-state index is 12.5. The second-order valence-corrected chi connectivity index (χ2v) is 5.74. The number of morpholine rings is 1. The molecular weight excluding hydrogens is 325 g/mol. The molecule has 0 bridgehead atoms. The molecule has 0 amide bonds. The van der Waals surface area contributed by atoms with Gasteiger partial charge in [0.2, 0.25) is 5.95 Å². The van der Waals surface area contributed by atoms with Gasteiger partial charge in [-0.3, -0.25) is 0 Å². The van der Waals surface area contributed by atoms with E-state index in [0.717, 1.165) is 24.6 Å². The number of hydrogen-bond donors (Lipinski definition) is 1. The quantitative estimate of drug-likeness (QED) is 0.853. The number of aromatic nitrogens is 3. The van der Waals surface area contributed by atoms with E-state index in [1.54, 1.807) is 4.68 Å². The lowest BCUT2D eigenvalue weighted by molar-refractivity contribution is 0.121. The van der Waals surface area contributed by atoms with E-state index in [1.807, 2.05) is 31.3 Å². The first kappa shape index (κ1) is 17.4.